The highest BCUT2D eigenvalue weighted by Crippen LogP contribution is 2.46. The molecule has 2 heteroatoms. The van der Waals surface area contributed by atoms with Crippen LogP contribution in [0.2, 0.25) is 0 Å². The largest absolute Gasteiger partial charge is 0.355 e. The number of anilines is 1. The summed E-state index contributed by atoms with van der Waals surface area (Å²) in [7, 11) is 0. The Morgan fingerprint density at radius 1 is 1.06 bits per heavy atom. The fourth-order valence-electron chi connectivity index (χ4n) is 2.51. The van der Waals surface area contributed by atoms with Crippen LogP contribution in [0.4, 0.5) is 5.69 Å². The molecule has 1 fully saturated rings. The first-order chi connectivity index (χ1) is 8.29. The third kappa shape index (κ3) is 1.70. The van der Waals surface area contributed by atoms with Gasteiger partial charge in [0.05, 0.1) is 17.8 Å². The summed E-state index contributed by atoms with van der Waals surface area (Å²) < 4.78 is 0. The minimum atomic E-state index is 0.442. The van der Waals surface area contributed by atoms with Gasteiger partial charge < -0.3 is 4.90 Å². The predicted octanol–water partition coefficient (Wildman–Crippen LogP) is 3.34. The summed E-state index contributed by atoms with van der Waals surface area (Å²) in [4.78, 5) is 6.88. The minimum absolute atomic E-state index is 0.442. The van der Waals surface area contributed by atoms with Gasteiger partial charge in [-0.15, -0.1) is 0 Å². The number of benzene rings is 1. The van der Waals surface area contributed by atoms with Crippen molar-refractivity contribution >= 4 is 5.69 Å². The fraction of sp³-hybridized carbons (Fsp3) is 0.267. The van der Waals surface area contributed by atoms with Crippen molar-refractivity contribution in [3.05, 3.63) is 59.9 Å². The lowest BCUT2D eigenvalue weighted by Gasteiger charge is -2.08. The van der Waals surface area contributed by atoms with Gasteiger partial charge in [-0.05, 0) is 37.6 Å². The molecule has 1 aliphatic heterocycles. The van der Waals surface area contributed by atoms with Gasteiger partial charge in [0.25, 0.3) is 0 Å². The third-order valence-electron chi connectivity index (χ3n) is 3.49. The van der Waals surface area contributed by atoms with E-state index >= 15 is 0 Å². The molecule has 1 saturated heterocycles. The standard InChI is InChI=1S/C15H16N2/c1-11-7-3-4-9-14(11)17-12(2)15(17)13-8-5-6-10-16-13/h3-10,12,15H,1-2H3/t12-,15-,17?/m0/s1. The first kappa shape index (κ1) is 10.3. The number of hydrogen-bond donors (Lipinski definition) is 0. The van der Waals surface area contributed by atoms with Crippen LogP contribution in [0.5, 0.6) is 0 Å². The van der Waals surface area contributed by atoms with Gasteiger partial charge >= 0.3 is 0 Å². The molecule has 0 spiro atoms. The Labute approximate surface area is 102 Å². The van der Waals surface area contributed by atoms with Gasteiger partial charge in [-0.25, -0.2) is 0 Å². The number of aromatic nitrogens is 1. The molecule has 0 amide bonds. The highest BCUT2D eigenvalue weighted by molar-refractivity contribution is 5.62. The fourth-order valence-corrected chi connectivity index (χ4v) is 2.51. The number of aryl methyl sites for hydroxylation is 1. The van der Waals surface area contributed by atoms with Crippen molar-refractivity contribution in [3.8, 4) is 0 Å². The van der Waals surface area contributed by atoms with Crippen molar-refractivity contribution in [2.24, 2.45) is 0 Å². The normalized spacial score (nSPS) is 22.6. The van der Waals surface area contributed by atoms with Crippen LogP contribution in [-0.2, 0) is 0 Å². The molecule has 2 nitrogen and oxygen atoms in total. The average Bonchev–Trinajstić information content (AvgIpc) is 3.02. The molecule has 0 saturated carbocycles. The average molecular weight is 224 g/mol. The smallest absolute Gasteiger partial charge is 0.0918 e. The first-order valence-corrected chi connectivity index (χ1v) is 6.04. The second kappa shape index (κ2) is 3.88. The molecule has 0 unspecified atom stereocenters. The van der Waals surface area contributed by atoms with Gasteiger partial charge in [0.2, 0.25) is 0 Å². The van der Waals surface area contributed by atoms with Crippen LogP contribution >= 0.6 is 0 Å². The van der Waals surface area contributed by atoms with E-state index in [4.69, 9.17) is 0 Å². The van der Waals surface area contributed by atoms with E-state index in [9.17, 15) is 0 Å². The zero-order chi connectivity index (χ0) is 11.8. The zero-order valence-corrected chi connectivity index (χ0v) is 10.2. The number of nitrogens with zero attached hydrogens (tertiary/aromatic N) is 2. The lowest BCUT2D eigenvalue weighted by molar-refractivity contribution is 0.972. The van der Waals surface area contributed by atoms with Crippen LogP contribution in [0.1, 0.15) is 24.2 Å². The van der Waals surface area contributed by atoms with Crippen molar-refractivity contribution in [2.45, 2.75) is 25.9 Å². The highest BCUT2D eigenvalue weighted by Gasteiger charge is 2.46. The second-order valence-electron chi connectivity index (χ2n) is 4.63. The van der Waals surface area contributed by atoms with E-state index in [0.717, 1.165) is 0 Å². The van der Waals surface area contributed by atoms with E-state index in [1.165, 1.54) is 16.9 Å². The van der Waals surface area contributed by atoms with Crippen LogP contribution < -0.4 is 4.90 Å². The van der Waals surface area contributed by atoms with E-state index in [1.807, 2.05) is 12.3 Å². The molecule has 3 rings (SSSR count). The molecule has 1 aromatic heterocycles. The maximum absolute atomic E-state index is 4.45. The Kier molecular flexibility index (Phi) is 2.36. The van der Waals surface area contributed by atoms with Gasteiger partial charge in [0.15, 0.2) is 0 Å². The maximum atomic E-state index is 4.45. The quantitative estimate of drug-likeness (QED) is 0.727. The predicted molar refractivity (Wildman–Crippen MR) is 70.1 cm³/mol. The summed E-state index contributed by atoms with van der Waals surface area (Å²) in [5.41, 5.74) is 3.83. The summed E-state index contributed by atoms with van der Waals surface area (Å²) in [6, 6.07) is 15.7. The molecule has 86 valence electrons. The number of hydrogen-bond acceptors (Lipinski definition) is 2. The van der Waals surface area contributed by atoms with Crippen molar-refractivity contribution in [3.63, 3.8) is 0 Å². The second-order valence-corrected chi connectivity index (χ2v) is 4.63. The Bertz CT molecular complexity index is 521. The molecular weight excluding hydrogens is 208 g/mol. The van der Waals surface area contributed by atoms with Gasteiger partial charge in [-0.3, -0.25) is 4.98 Å². The molecule has 2 heterocycles. The minimum Gasteiger partial charge on any atom is -0.355 e. The van der Waals surface area contributed by atoms with Crippen LogP contribution in [0, 0.1) is 6.92 Å². The zero-order valence-electron chi connectivity index (χ0n) is 10.2. The lowest BCUT2D eigenvalue weighted by Crippen LogP contribution is -1.98. The SMILES string of the molecule is Cc1ccccc1N1[C@H](c2ccccn2)[C@@H]1C. The van der Waals surface area contributed by atoms with E-state index < -0.39 is 0 Å². The van der Waals surface area contributed by atoms with Crippen LogP contribution in [0.15, 0.2) is 48.7 Å². The summed E-state index contributed by atoms with van der Waals surface area (Å²) in [5.74, 6) is 0. The summed E-state index contributed by atoms with van der Waals surface area (Å²) in [5, 5.41) is 0. The van der Waals surface area contributed by atoms with Crippen LogP contribution in [0.3, 0.4) is 0 Å². The van der Waals surface area contributed by atoms with Crippen molar-refractivity contribution in [2.75, 3.05) is 4.90 Å². The van der Waals surface area contributed by atoms with E-state index in [0.29, 0.717) is 12.1 Å². The Balaban J connectivity index is 1.91. The first-order valence-electron chi connectivity index (χ1n) is 6.04. The van der Waals surface area contributed by atoms with Gasteiger partial charge in [-0.2, -0.15) is 0 Å². The Morgan fingerprint density at radius 3 is 2.53 bits per heavy atom. The Morgan fingerprint density at radius 2 is 1.82 bits per heavy atom. The molecule has 0 aliphatic carbocycles. The van der Waals surface area contributed by atoms with Gasteiger partial charge in [0, 0.05) is 11.9 Å². The van der Waals surface area contributed by atoms with E-state index in [2.05, 4.69) is 60.1 Å². The maximum Gasteiger partial charge on any atom is 0.0918 e. The van der Waals surface area contributed by atoms with Gasteiger partial charge in [0.1, 0.15) is 0 Å². The monoisotopic (exact) mass is 224 g/mol. The molecule has 0 N–H and O–H groups in total. The van der Waals surface area contributed by atoms with Crippen molar-refractivity contribution in [1.29, 1.82) is 0 Å². The highest BCUT2D eigenvalue weighted by atomic mass is 15.4. The van der Waals surface area contributed by atoms with Crippen LogP contribution in [0.25, 0.3) is 0 Å². The molecule has 1 aliphatic rings. The van der Waals surface area contributed by atoms with E-state index in [-0.39, 0.29) is 0 Å². The molecule has 17 heavy (non-hydrogen) atoms. The molecular formula is C15H16N2. The molecule has 1 aromatic carbocycles. The third-order valence-corrected chi connectivity index (χ3v) is 3.49. The van der Waals surface area contributed by atoms with Crippen molar-refractivity contribution < 1.29 is 0 Å². The number of pyridine rings is 1. The summed E-state index contributed by atoms with van der Waals surface area (Å²) >= 11 is 0. The molecule has 0 radical (unpaired) electrons. The van der Waals surface area contributed by atoms with E-state index in [1.54, 1.807) is 0 Å². The van der Waals surface area contributed by atoms with Crippen molar-refractivity contribution in [1.82, 2.24) is 4.98 Å². The molecule has 2 atom stereocenters. The summed E-state index contributed by atoms with van der Waals surface area (Å²) in [6.45, 7) is 4.42. The molecule has 2 aromatic rings. The van der Waals surface area contributed by atoms with Crippen LogP contribution in [-0.4, -0.2) is 11.0 Å². The topological polar surface area (TPSA) is 15.9 Å². The number of para-hydroxylation sites is 1. The lowest BCUT2D eigenvalue weighted by atomic mass is 10.2. The summed E-state index contributed by atoms with van der Waals surface area (Å²) in [6.07, 6.45) is 1.87. The van der Waals surface area contributed by atoms with Gasteiger partial charge in [-0.1, -0.05) is 24.3 Å². The number of rotatable bonds is 2. The molecule has 0 bridgehead atoms. The Hall–Kier alpha value is -1.83.